The monoisotopic (exact) mass is 1640 g/mol. The highest BCUT2D eigenvalue weighted by molar-refractivity contribution is 5.95. The van der Waals surface area contributed by atoms with E-state index in [0.29, 0.717) is 44.9 Å². The molecule has 0 unspecified atom stereocenters. The molecular formula is C84H157N11O20. The molecule has 0 aromatic rings. The lowest BCUT2D eigenvalue weighted by Crippen LogP contribution is -2.65. The van der Waals surface area contributed by atoms with Crippen LogP contribution in [0, 0.1) is 0 Å². The van der Waals surface area contributed by atoms with Crippen molar-refractivity contribution in [2.24, 2.45) is 5.73 Å². The van der Waals surface area contributed by atoms with Gasteiger partial charge in [0.15, 0.2) is 6.23 Å². The SMILES string of the molecule is CCCCCCCCCC[C@H](NC(=O)CCCCC(=O)N[C@@H]1O[C@H](COCCCNC(=O)OC(C)(C)C)[C@@H](OCCCNC(=O)OC(C)(C)C)[C@H](OCCCNC(=O)OC(C)(C)C)[C@@H]1OCCCNC(=O)OC(C)(C)C)C(=O)NCC(=O)N[C@@H](CCCCCCCCCC)C(=O)N[C@@H](CCCCCCCCCC)C(=O)NCC(N)=O. The van der Waals surface area contributed by atoms with Crippen LogP contribution in [0.25, 0.3) is 0 Å². The van der Waals surface area contributed by atoms with E-state index in [1.54, 1.807) is 83.1 Å². The van der Waals surface area contributed by atoms with Gasteiger partial charge in [-0.25, -0.2) is 19.2 Å². The number of alkyl carbamates (subject to hydrolysis) is 4. The minimum atomic E-state index is -1.22. The van der Waals surface area contributed by atoms with Crippen LogP contribution in [0.5, 0.6) is 0 Å². The molecule has 31 nitrogen and oxygen atoms in total. The highest BCUT2D eigenvalue weighted by Gasteiger charge is 2.49. The smallest absolute Gasteiger partial charge is 0.407 e. The van der Waals surface area contributed by atoms with Gasteiger partial charge < -0.3 is 102 Å². The molecule has 0 aliphatic carbocycles. The Balaban J connectivity index is 3.62. The second kappa shape index (κ2) is 62.4. The summed E-state index contributed by atoms with van der Waals surface area (Å²) in [4.78, 5) is 146. The highest BCUT2D eigenvalue weighted by atomic mass is 16.6. The normalized spacial score (nSPS) is 16.5. The molecular weight excluding hydrogens is 1480 g/mol. The van der Waals surface area contributed by atoms with Crippen LogP contribution in [0.1, 0.15) is 329 Å². The average molecular weight is 1640 g/mol. The second-order valence-electron chi connectivity index (χ2n) is 34.1. The summed E-state index contributed by atoms with van der Waals surface area (Å²) in [7, 11) is 0. The maximum Gasteiger partial charge on any atom is 0.407 e. The lowest BCUT2D eigenvalue weighted by molar-refractivity contribution is -0.270. The summed E-state index contributed by atoms with van der Waals surface area (Å²) in [5.41, 5.74) is 2.44. The summed E-state index contributed by atoms with van der Waals surface area (Å²) >= 11 is 0. The number of amides is 11. The molecule has 8 atom stereocenters. The first kappa shape index (κ1) is 106. The molecule has 12 N–H and O–H groups in total. The van der Waals surface area contributed by atoms with Gasteiger partial charge in [0.25, 0.3) is 0 Å². The molecule has 1 fully saturated rings. The number of nitrogens with one attached hydrogen (secondary N) is 10. The fourth-order valence-corrected chi connectivity index (χ4v) is 12.4. The van der Waals surface area contributed by atoms with E-state index in [9.17, 15) is 52.7 Å². The summed E-state index contributed by atoms with van der Waals surface area (Å²) < 4.78 is 54.7. The van der Waals surface area contributed by atoms with Crippen molar-refractivity contribution < 1.29 is 95.4 Å². The van der Waals surface area contributed by atoms with E-state index in [1.165, 1.54) is 19.3 Å². The molecule has 0 bridgehead atoms. The molecule has 31 heteroatoms. The van der Waals surface area contributed by atoms with Crippen molar-refractivity contribution in [3.8, 4) is 0 Å². The summed E-state index contributed by atoms with van der Waals surface area (Å²) in [6.45, 7) is 27.5. The van der Waals surface area contributed by atoms with E-state index in [-0.39, 0.29) is 104 Å². The Morgan fingerprint density at radius 3 is 1.04 bits per heavy atom. The van der Waals surface area contributed by atoms with Gasteiger partial charge in [-0.3, -0.25) is 33.6 Å². The zero-order valence-electron chi connectivity index (χ0n) is 73.4. The molecule has 1 rings (SSSR count). The van der Waals surface area contributed by atoms with E-state index in [4.69, 9.17) is 48.4 Å². The third kappa shape index (κ3) is 59.5. The number of hydrogen-bond donors (Lipinski definition) is 11. The summed E-state index contributed by atoms with van der Waals surface area (Å²) in [5, 5.41) is 27.8. The predicted octanol–water partition coefficient (Wildman–Crippen LogP) is 12.0. The molecule has 0 saturated carbocycles. The predicted molar refractivity (Wildman–Crippen MR) is 443 cm³/mol. The van der Waals surface area contributed by atoms with Crippen LogP contribution >= 0.6 is 0 Å². The van der Waals surface area contributed by atoms with Gasteiger partial charge in [-0.1, -0.05) is 175 Å². The topological polar surface area (TPSA) is 417 Å². The van der Waals surface area contributed by atoms with Crippen LogP contribution in [0.3, 0.4) is 0 Å². The van der Waals surface area contributed by atoms with Crippen molar-refractivity contribution in [3.63, 3.8) is 0 Å². The molecule has 0 radical (unpaired) electrons. The van der Waals surface area contributed by atoms with Crippen LogP contribution in [0.4, 0.5) is 19.2 Å². The average Bonchev–Trinajstić information content (AvgIpc) is 0.789. The molecule has 668 valence electrons. The first-order chi connectivity index (χ1) is 54.5. The molecule has 0 aromatic carbocycles. The van der Waals surface area contributed by atoms with Crippen LogP contribution in [-0.2, 0) is 76.2 Å². The van der Waals surface area contributed by atoms with Gasteiger partial charge in [-0.15, -0.1) is 0 Å². The number of unbranched alkanes of at least 4 members (excludes halogenated alkanes) is 22. The fraction of sp³-hybridized carbons (Fsp3) is 0.869. The molecule has 0 spiro atoms. The maximum absolute atomic E-state index is 14.4. The quantitative estimate of drug-likeness (QED) is 0.0199. The van der Waals surface area contributed by atoms with Crippen molar-refractivity contribution in [2.45, 2.75) is 400 Å². The minimum Gasteiger partial charge on any atom is -0.444 e. The van der Waals surface area contributed by atoms with Gasteiger partial charge in [0.1, 0.15) is 64.9 Å². The molecule has 1 heterocycles. The van der Waals surface area contributed by atoms with Crippen molar-refractivity contribution in [2.75, 3.05) is 72.3 Å². The second-order valence-corrected chi connectivity index (χ2v) is 34.1. The fourth-order valence-electron chi connectivity index (χ4n) is 12.4. The third-order valence-corrected chi connectivity index (χ3v) is 18.1. The van der Waals surface area contributed by atoms with E-state index in [2.05, 4.69) is 73.9 Å². The van der Waals surface area contributed by atoms with E-state index < -0.39 is 150 Å². The largest absolute Gasteiger partial charge is 0.444 e. The Kier molecular flexibility index (Phi) is 57.6. The number of carbonyl (C=O) groups is 11. The Bertz CT molecular complexity index is 2720. The Hall–Kier alpha value is -6.83. The van der Waals surface area contributed by atoms with Crippen molar-refractivity contribution in [1.29, 1.82) is 0 Å². The molecule has 11 amide bonds. The van der Waals surface area contributed by atoms with Gasteiger partial charge in [0.2, 0.25) is 41.4 Å². The molecule has 115 heavy (non-hydrogen) atoms. The van der Waals surface area contributed by atoms with Gasteiger partial charge in [-0.2, -0.15) is 0 Å². The van der Waals surface area contributed by atoms with Gasteiger partial charge in [0, 0.05) is 65.4 Å². The molecule has 1 aliphatic rings. The molecule has 1 aliphatic heterocycles. The van der Waals surface area contributed by atoms with Crippen LogP contribution in [0.15, 0.2) is 0 Å². The van der Waals surface area contributed by atoms with E-state index in [0.717, 1.165) is 116 Å². The summed E-state index contributed by atoms with van der Waals surface area (Å²) in [6, 6.07) is -3.06. The number of nitrogens with two attached hydrogens (primary N) is 1. The number of rotatable bonds is 64. The maximum atomic E-state index is 14.4. The minimum absolute atomic E-state index is 0.0123. The van der Waals surface area contributed by atoms with Gasteiger partial charge >= 0.3 is 24.4 Å². The summed E-state index contributed by atoms with van der Waals surface area (Å²) in [5.74, 6) is -4.00. The Morgan fingerprint density at radius 2 is 0.661 bits per heavy atom. The standard InChI is InChI=1S/C84H157N11O20/c1-16-19-22-25-28-31-34-37-46-62(73(100)91-60-69(99)93-64(48-39-36-33-30-27-24-21-18-3)75(102)94-63(74(101)90-59-66(85)96)47-38-35-32-29-26-23-20-17-2)92-67(97)49-40-41-50-68(98)95-76-72(110-58-45-54-89-80(106)115-84(13,14)15)71(109-57-44-53-88-79(105)114-83(10,11)12)70(108-56-43-52-87-78(104)113-82(7,8)9)65(111-76)61-107-55-42-51-86-77(103)112-81(4,5)6/h62-65,70-72,76H,16-61H2,1-15H3,(H2,85,96)(H,86,103)(H,87,104)(H,88,105)(H,89,106)(H,90,101)(H,91,100)(H,92,97)(H,93,99)(H,94,102)(H,95,98)/t62-,63-,64-,65+,70+,71-,72-,76+/m0/s1. The highest BCUT2D eigenvalue weighted by Crippen LogP contribution is 2.29. The first-order valence-electron chi connectivity index (χ1n) is 43.4. The number of carbonyl (C=O) groups excluding carboxylic acids is 11. The van der Waals surface area contributed by atoms with Crippen molar-refractivity contribution >= 4 is 65.7 Å². The number of ether oxygens (including phenoxy) is 9. The molecule has 1 saturated heterocycles. The zero-order valence-corrected chi connectivity index (χ0v) is 73.4. The summed E-state index contributed by atoms with van der Waals surface area (Å²) in [6.07, 6.45) is 18.8. The van der Waals surface area contributed by atoms with E-state index >= 15 is 0 Å². The van der Waals surface area contributed by atoms with Crippen LogP contribution < -0.4 is 58.9 Å². The van der Waals surface area contributed by atoms with Crippen molar-refractivity contribution in [1.82, 2.24) is 53.2 Å². The Morgan fingerprint density at radius 1 is 0.339 bits per heavy atom. The van der Waals surface area contributed by atoms with Gasteiger partial charge in [0.05, 0.1) is 19.7 Å². The first-order valence-corrected chi connectivity index (χ1v) is 43.4. The van der Waals surface area contributed by atoms with Crippen LogP contribution in [0.2, 0.25) is 0 Å². The lowest BCUT2D eigenvalue weighted by atomic mass is 9.97. The van der Waals surface area contributed by atoms with Crippen molar-refractivity contribution in [3.05, 3.63) is 0 Å². The molecule has 0 aromatic heterocycles. The van der Waals surface area contributed by atoms with Gasteiger partial charge in [-0.05, 0) is 141 Å². The number of primary amides is 1. The zero-order chi connectivity index (χ0) is 85.9. The Labute approximate surface area is 689 Å². The lowest BCUT2D eigenvalue weighted by Gasteiger charge is -2.46. The third-order valence-electron chi connectivity index (χ3n) is 18.1. The number of hydrogen-bond acceptors (Lipinski definition) is 20. The van der Waals surface area contributed by atoms with E-state index in [1.807, 2.05) is 0 Å². The van der Waals surface area contributed by atoms with Crippen LogP contribution in [-0.4, -0.2) is 209 Å².